The zero-order valence-corrected chi connectivity index (χ0v) is 39.9. The number of allylic oxidation sites excluding steroid dienone is 2. The van der Waals surface area contributed by atoms with Crippen LogP contribution >= 0.6 is 0 Å². The Labute approximate surface area is 367 Å². The van der Waals surface area contributed by atoms with Crippen molar-refractivity contribution in [2.75, 3.05) is 0 Å². The van der Waals surface area contributed by atoms with Gasteiger partial charge in [-0.1, -0.05) is 97.4 Å². The molecule has 1 aliphatic heterocycles. The van der Waals surface area contributed by atoms with E-state index in [0.717, 1.165) is 48.2 Å². The molecule has 2 nitrogen and oxygen atoms in total. The second kappa shape index (κ2) is 36.8. The molecule has 2 aromatic rings. The van der Waals surface area contributed by atoms with E-state index < -0.39 is 0 Å². The van der Waals surface area contributed by atoms with Crippen molar-refractivity contribution in [3.8, 4) is 0 Å². The number of unbranched alkanes of at least 4 members (excludes halogenated alkanes) is 26. The first-order valence-electron chi connectivity index (χ1n) is 25.2. The van der Waals surface area contributed by atoms with E-state index >= 15 is 0 Å². The Morgan fingerprint density at radius 2 is 0.793 bits per heavy atom. The Morgan fingerprint density at radius 3 is 1.21 bits per heavy atom. The fourth-order valence-corrected chi connectivity index (χ4v) is 9.37. The van der Waals surface area contributed by atoms with Gasteiger partial charge in [-0.25, -0.2) is 4.70 Å². The van der Waals surface area contributed by atoms with Gasteiger partial charge >= 0.3 is 166 Å². The van der Waals surface area contributed by atoms with Gasteiger partial charge in [0.2, 0.25) is 11.4 Å². The molecule has 0 amide bonds. The van der Waals surface area contributed by atoms with Crippen LogP contribution in [0.1, 0.15) is 249 Å². The summed E-state index contributed by atoms with van der Waals surface area (Å²) >= 11 is 2.04. The minimum atomic E-state index is 0.883. The summed E-state index contributed by atoms with van der Waals surface area (Å²) in [6.07, 6.45) is 47.0. The maximum absolute atomic E-state index is 11.1. The number of nitrogens with zero attached hydrogens (tertiary/aromatic N) is 2. The molecule has 0 aliphatic carbocycles. The van der Waals surface area contributed by atoms with Crippen molar-refractivity contribution in [2.24, 2.45) is 0 Å². The van der Waals surface area contributed by atoms with Crippen molar-refractivity contribution in [1.29, 1.82) is 0 Å². The predicted molar refractivity (Wildman–Crippen MR) is 255 cm³/mol. The van der Waals surface area contributed by atoms with Gasteiger partial charge in [0.05, 0.1) is 0 Å². The van der Waals surface area contributed by atoms with Crippen LogP contribution in [-0.4, -0.2) is 4.70 Å². The fourth-order valence-electron chi connectivity index (χ4n) is 8.14. The van der Waals surface area contributed by atoms with Crippen molar-refractivity contribution < 1.29 is 19.1 Å². The second-order valence-electron chi connectivity index (χ2n) is 17.2. The number of aryl methyl sites for hydroxylation is 2. The Balaban J connectivity index is 0.000000402. The monoisotopic (exact) mass is 839 g/mol. The van der Waals surface area contributed by atoms with E-state index in [9.17, 15) is 5.53 Å². The molecule has 0 fully saturated rings. The van der Waals surface area contributed by atoms with Crippen LogP contribution in [0.2, 0.25) is 10.8 Å². The standard InChI is InChI=1S/C25H30N2.2C15H31.Ni/c1-4-7-8-13-23-18-24(21-14-9-11-19(5-2)16-21)27(26)25(23)22-15-10-12-20(6-3)17-22;2*1-3-5-7-9-11-13-15-14-12-10-8-6-4-2;/h9-12,14-18H,4-8,13H2,1-3H3;2*1,3-15H2,2H3;. The van der Waals surface area contributed by atoms with Gasteiger partial charge < -0.3 is 5.53 Å². The van der Waals surface area contributed by atoms with Gasteiger partial charge in [-0.2, -0.15) is 0 Å². The smallest absolute Gasteiger partial charge is 0.0654 e. The Hall–Kier alpha value is -1.99. The number of hydrogen-bond donors (Lipinski definition) is 0. The van der Waals surface area contributed by atoms with Crippen LogP contribution in [0.15, 0.2) is 60.2 Å². The molecule has 0 unspecified atom stereocenters. The van der Waals surface area contributed by atoms with E-state index in [-0.39, 0.29) is 0 Å². The van der Waals surface area contributed by atoms with Crippen LogP contribution in [0.4, 0.5) is 0 Å². The van der Waals surface area contributed by atoms with E-state index in [0.29, 0.717) is 0 Å². The average molecular weight is 840 g/mol. The Kier molecular flexibility index (Phi) is 33.1. The molecule has 2 aromatic carbocycles. The van der Waals surface area contributed by atoms with Crippen LogP contribution in [0.25, 0.3) is 16.9 Å². The first kappa shape index (κ1) is 52.2. The van der Waals surface area contributed by atoms with Gasteiger partial charge in [0.25, 0.3) is 0 Å². The Bertz CT molecular complexity index is 1330. The predicted octanol–water partition coefficient (Wildman–Crippen LogP) is 19.3. The second-order valence-corrected chi connectivity index (χ2v) is 18.7. The van der Waals surface area contributed by atoms with Gasteiger partial charge in [-0.05, 0) is 61.1 Å². The molecule has 58 heavy (non-hydrogen) atoms. The van der Waals surface area contributed by atoms with Gasteiger partial charge in [0.1, 0.15) is 0 Å². The van der Waals surface area contributed by atoms with Gasteiger partial charge in [0, 0.05) is 22.8 Å². The average Bonchev–Trinajstić information content (AvgIpc) is 3.59. The zero-order valence-electron chi connectivity index (χ0n) is 38.9. The molecule has 0 saturated carbocycles. The van der Waals surface area contributed by atoms with Crippen molar-refractivity contribution in [3.63, 3.8) is 0 Å². The molecule has 0 spiro atoms. The molecule has 0 radical (unpaired) electrons. The van der Waals surface area contributed by atoms with E-state index in [2.05, 4.69) is 89.2 Å². The number of benzene rings is 2. The quantitative estimate of drug-likeness (QED) is 0.0371. The van der Waals surface area contributed by atoms with Crippen molar-refractivity contribution in [3.05, 3.63) is 88.0 Å². The van der Waals surface area contributed by atoms with Crippen LogP contribution in [-0.2, 0) is 27.3 Å². The summed E-state index contributed by atoms with van der Waals surface area (Å²) in [4.78, 5) is 0. The van der Waals surface area contributed by atoms with Gasteiger partial charge in [0.15, 0.2) is 0 Å². The third-order valence-corrected chi connectivity index (χ3v) is 13.4. The van der Waals surface area contributed by atoms with Gasteiger partial charge in [-0.15, -0.1) is 0 Å². The molecule has 1 aliphatic rings. The molecule has 0 saturated heterocycles. The summed E-state index contributed by atoms with van der Waals surface area (Å²) in [5.74, 6) is 0. The summed E-state index contributed by atoms with van der Waals surface area (Å²) in [6.45, 7) is 11.2. The molecule has 332 valence electrons. The molecule has 1 heterocycles. The van der Waals surface area contributed by atoms with E-state index in [1.807, 2.05) is 14.4 Å². The molecule has 0 atom stereocenters. The molecule has 3 heteroatoms. The topological polar surface area (TPSA) is 25.3 Å². The fraction of sp³-hybridized carbons (Fsp3) is 0.709. The van der Waals surface area contributed by atoms with Crippen molar-refractivity contribution >= 4 is 11.4 Å². The van der Waals surface area contributed by atoms with Crippen molar-refractivity contribution in [2.45, 2.75) is 251 Å². The summed E-state index contributed by atoms with van der Waals surface area (Å²) in [7, 11) is 0. The summed E-state index contributed by atoms with van der Waals surface area (Å²) in [6, 6.07) is 17.0. The SMILES string of the molecule is CCCCCC1=C(c2cccc(CC)c2)[N+](=[N-])C(c2cccc(CC)c2)=C1.CCCCCCCCCCCCCC[CH2][Ni][CH2]CCCCCCCCCCCCCC. The summed E-state index contributed by atoms with van der Waals surface area (Å²) in [5, 5.41) is 2.87. The number of rotatable bonds is 36. The van der Waals surface area contributed by atoms with Crippen molar-refractivity contribution in [1.82, 2.24) is 0 Å². The van der Waals surface area contributed by atoms with Gasteiger partial charge in [-0.3, -0.25) is 0 Å². The van der Waals surface area contributed by atoms with Crippen LogP contribution in [0.3, 0.4) is 0 Å². The van der Waals surface area contributed by atoms with E-state index in [4.69, 9.17) is 0 Å². The number of hydrogen-bond acceptors (Lipinski definition) is 0. The molecule has 3 rings (SSSR count). The molecular formula is C55H92N2Ni. The Morgan fingerprint density at radius 1 is 0.431 bits per heavy atom. The summed E-state index contributed by atoms with van der Waals surface area (Å²) < 4.78 is 1.41. The minimum absolute atomic E-state index is 0.883. The molecule has 0 aromatic heterocycles. The van der Waals surface area contributed by atoms with Crippen LogP contribution < -0.4 is 0 Å². The van der Waals surface area contributed by atoms with Crippen LogP contribution in [0.5, 0.6) is 0 Å². The first-order chi connectivity index (χ1) is 28.6. The van der Waals surface area contributed by atoms with Crippen LogP contribution in [0, 0.1) is 0 Å². The first-order valence-corrected chi connectivity index (χ1v) is 26.6. The summed E-state index contributed by atoms with van der Waals surface area (Å²) in [5.41, 5.74) is 18.9. The third kappa shape index (κ3) is 24.3. The maximum atomic E-state index is 11.1. The molecule has 0 N–H and O–H groups in total. The molecule has 0 bridgehead atoms. The van der Waals surface area contributed by atoms with E-state index in [1.54, 1.807) is 0 Å². The normalized spacial score (nSPS) is 12.7. The molecular weight excluding hydrogens is 747 g/mol. The third-order valence-electron chi connectivity index (χ3n) is 12.0. The zero-order chi connectivity index (χ0) is 41.7. The van der Waals surface area contributed by atoms with E-state index in [1.165, 1.54) is 212 Å². The minimum Gasteiger partial charge on any atom is -0.0654 e.